The number of nitrogens with two attached hydrogens (primary N) is 1. The molecule has 0 radical (unpaired) electrons. The van der Waals surface area contributed by atoms with E-state index in [9.17, 15) is 0 Å². The third kappa shape index (κ3) is 3.11. The van der Waals surface area contributed by atoms with E-state index in [1.807, 2.05) is 0 Å². The molecule has 72 valence electrons. The summed E-state index contributed by atoms with van der Waals surface area (Å²) in [6.45, 7) is 5.57. The van der Waals surface area contributed by atoms with Gasteiger partial charge in [0, 0.05) is 12.1 Å². The predicted octanol–water partition coefficient (Wildman–Crippen LogP) is 1.50. The van der Waals surface area contributed by atoms with Crippen molar-refractivity contribution in [2.75, 3.05) is 6.54 Å². The van der Waals surface area contributed by atoms with Crippen LogP contribution in [-0.2, 0) is 0 Å². The van der Waals surface area contributed by atoms with Crippen LogP contribution in [0.15, 0.2) is 0 Å². The summed E-state index contributed by atoms with van der Waals surface area (Å²) < 4.78 is 0. The molecule has 1 aliphatic carbocycles. The lowest BCUT2D eigenvalue weighted by Crippen LogP contribution is -2.41. The van der Waals surface area contributed by atoms with E-state index >= 15 is 0 Å². The second-order valence-electron chi connectivity index (χ2n) is 4.18. The molecule has 1 saturated carbocycles. The minimum atomic E-state index is 0.398. The lowest BCUT2D eigenvalue weighted by Gasteiger charge is -2.33. The highest BCUT2D eigenvalue weighted by molar-refractivity contribution is 4.82. The monoisotopic (exact) mass is 170 g/mol. The Morgan fingerprint density at radius 1 is 1.50 bits per heavy atom. The molecule has 1 rings (SSSR count). The quantitative estimate of drug-likeness (QED) is 0.656. The van der Waals surface area contributed by atoms with Gasteiger partial charge < -0.3 is 11.1 Å². The van der Waals surface area contributed by atoms with Gasteiger partial charge in [-0.15, -0.1) is 0 Å². The molecule has 1 fully saturated rings. The first-order valence-corrected chi connectivity index (χ1v) is 5.21. The van der Waals surface area contributed by atoms with Gasteiger partial charge in [0.2, 0.25) is 0 Å². The van der Waals surface area contributed by atoms with Gasteiger partial charge in [0.25, 0.3) is 0 Å². The Labute approximate surface area is 75.9 Å². The van der Waals surface area contributed by atoms with Crippen LogP contribution in [0.3, 0.4) is 0 Å². The minimum absolute atomic E-state index is 0.398. The maximum atomic E-state index is 5.81. The number of rotatable bonds is 5. The molecule has 1 atom stereocenters. The van der Waals surface area contributed by atoms with Gasteiger partial charge in [-0.2, -0.15) is 0 Å². The zero-order chi connectivity index (χ0) is 8.97. The summed E-state index contributed by atoms with van der Waals surface area (Å²) in [4.78, 5) is 0. The highest BCUT2D eigenvalue weighted by Gasteiger charge is 2.24. The van der Waals surface area contributed by atoms with Gasteiger partial charge in [0.05, 0.1) is 0 Å². The summed E-state index contributed by atoms with van der Waals surface area (Å²) in [5.41, 5.74) is 5.81. The van der Waals surface area contributed by atoms with Crippen LogP contribution in [-0.4, -0.2) is 18.6 Å². The molecule has 0 spiro atoms. The summed E-state index contributed by atoms with van der Waals surface area (Å²) in [7, 11) is 0. The molecular formula is C10H22N2. The van der Waals surface area contributed by atoms with Crippen molar-refractivity contribution in [1.82, 2.24) is 5.32 Å². The molecule has 3 N–H and O–H groups in total. The van der Waals surface area contributed by atoms with Gasteiger partial charge in [-0.05, 0) is 38.1 Å². The molecular weight excluding hydrogens is 148 g/mol. The predicted molar refractivity (Wildman–Crippen MR) is 53.1 cm³/mol. The van der Waals surface area contributed by atoms with Crippen molar-refractivity contribution in [3.63, 3.8) is 0 Å². The van der Waals surface area contributed by atoms with Crippen molar-refractivity contribution in [3.05, 3.63) is 0 Å². The Bertz CT molecular complexity index is 119. The first-order valence-electron chi connectivity index (χ1n) is 5.21. The van der Waals surface area contributed by atoms with E-state index in [1.54, 1.807) is 0 Å². The molecule has 0 aromatic heterocycles. The summed E-state index contributed by atoms with van der Waals surface area (Å²) in [6.07, 6.45) is 4.95. The molecule has 0 amide bonds. The van der Waals surface area contributed by atoms with Crippen LogP contribution >= 0.6 is 0 Å². The van der Waals surface area contributed by atoms with Crippen molar-refractivity contribution in [1.29, 1.82) is 0 Å². The van der Waals surface area contributed by atoms with Crippen molar-refractivity contribution in [2.45, 2.75) is 51.6 Å². The molecule has 0 aromatic carbocycles. The Hall–Kier alpha value is -0.0800. The number of hydrogen-bond donors (Lipinski definition) is 2. The molecule has 0 aliphatic heterocycles. The third-order valence-corrected chi connectivity index (χ3v) is 2.85. The fourth-order valence-electron chi connectivity index (χ4n) is 1.75. The molecule has 2 heteroatoms. The smallest absolute Gasteiger partial charge is 0.00721 e. The van der Waals surface area contributed by atoms with E-state index < -0.39 is 0 Å². The van der Waals surface area contributed by atoms with Crippen molar-refractivity contribution in [2.24, 2.45) is 11.7 Å². The molecule has 12 heavy (non-hydrogen) atoms. The fourth-order valence-corrected chi connectivity index (χ4v) is 1.75. The van der Waals surface area contributed by atoms with E-state index in [2.05, 4.69) is 19.2 Å². The Kier molecular flexibility index (Phi) is 4.02. The lowest BCUT2D eigenvalue weighted by atomic mass is 9.82. The third-order valence-electron chi connectivity index (χ3n) is 2.85. The van der Waals surface area contributed by atoms with E-state index in [0.29, 0.717) is 6.04 Å². The van der Waals surface area contributed by atoms with Crippen LogP contribution < -0.4 is 11.1 Å². The van der Waals surface area contributed by atoms with E-state index in [-0.39, 0.29) is 0 Å². The first-order chi connectivity index (χ1) is 5.72. The largest absolute Gasteiger partial charge is 0.328 e. The second kappa shape index (κ2) is 4.83. The zero-order valence-corrected chi connectivity index (χ0v) is 8.34. The molecule has 0 heterocycles. The molecule has 1 aliphatic rings. The first kappa shape index (κ1) is 10.0. The van der Waals surface area contributed by atoms with Gasteiger partial charge in [-0.1, -0.05) is 13.8 Å². The SMILES string of the molecule is CCC(N)CCNC1CC(C)C1. The summed E-state index contributed by atoms with van der Waals surface area (Å²) in [6, 6.07) is 1.19. The number of hydrogen-bond acceptors (Lipinski definition) is 2. The van der Waals surface area contributed by atoms with Gasteiger partial charge >= 0.3 is 0 Å². The molecule has 0 bridgehead atoms. The zero-order valence-electron chi connectivity index (χ0n) is 8.34. The normalized spacial score (nSPS) is 31.2. The summed E-state index contributed by atoms with van der Waals surface area (Å²) >= 11 is 0. The van der Waals surface area contributed by atoms with Gasteiger partial charge in [-0.25, -0.2) is 0 Å². The molecule has 0 aromatic rings. The van der Waals surface area contributed by atoms with Crippen LogP contribution in [0.25, 0.3) is 0 Å². The highest BCUT2D eigenvalue weighted by atomic mass is 14.9. The van der Waals surface area contributed by atoms with Gasteiger partial charge in [0.1, 0.15) is 0 Å². The van der Waals surface area contributed by atoms with Crippen LogP contribution in [0.2, 0.25) is 0 Å². The number of nitrogens with one attached hydrogen (secondary N) is 1. The highest BCUT2D eigenvalue weighted by Crippen LogP contribution is 2.25. The van der Waals surface area contributed by atoms with Crippen LogP contribution in [0.5, 0.6) is 0 Å². The fraction of sp³-hybridized carbons (Fsp3) is 1.00. The average molecular weight is 170 g/mol. The summed E-state index contributed by atoms with van der Waals surface area (Å²) in [5.74, 6) is 0.947. The summed E-state index contributed by atoms with van der Waals surface area (Å²) in [5, 5.41) is 3.53. The van der Waals surface area contributed by atoms with E-state index in [4.69, 9.17) is 5.73 Å². The molecule has 2 nitrogen and oxygen atoms in total. The maximum absolute atomic E-state index is 5.81. The molecule has 1 unspecified atom stereocenters. The average Bonchev–Trinajstić information content (AvgIpc) is 2.01. The van der Waals surface area contributed by atoms with E-state index in [1.165, 1.54) is 12.8 Å². The van der Waals surface area contributed by atoms with Crippen molar-refractivity contribution < 1.29 is 0 Å². The Morgan fingerprint density at radius 3 is 2.67 bits per heavy atom. The van der Waals surface area contributed by atoms with Gasteiger partial charge in [-0.3, -0.25) is 0 Å². The van der Waals surface area contributed by atoms with Crippen LogP contribution in [0.4, 0.5) is 0 Å². The Balaban J connectivity index is 1.89. The standard InChI is InChI=1S/C10H22N2/c1-3-9(11)4-5-12-10-6-8(2)7-10/h8-10,12H,3-7,11H2,1-2H3. The second-order valence-corrected chi connectivity index (χ2v) is 4.18. The molecule has 0 saturated heterocycles. The van der Waals surface area contributed by atoms with Crippen molar-refractivity contribution >= 4 is 0 Å². The van der Waals surface area contributed by atoms with Crippen molar-refractivity contribution in [3.8, 4) is 0 Å². The van der Waals surface area contributed by atoms with E-state index in [0.717, 1.165) is 31.3 Å². The van der Waals surface area contributed by atoms with Gasteiger partial charge in [0.15, 0.2) is 0 Å². The topological polar surface area (TPSA) is 38.0 Å². The van der Waals surface area contributed by atoms with Crippen LogP contribution in [0.1, 0.15) is 39.5 Å². The Morgan fingerprint density at radius 2 is 2.17 bits per heavy atom. The maximum Gasteiger partial charge on any atom is 0.00721 e. The minimum Gasteiger partial charge on any atom is -0.328 e. The van der Waals surface area contributed by atoms with Crippen LogP contribution in [0, 0.1) is 5.92 Å². The lowest BCUT2D eigenvalue weighted by molar-refractivity contribution is 0.240.